The van der Waals surface area contributed by atoms with Crippen molar-refractivity contribution in [1.29, 1.82) is 0 Å². The van der Waals surface area contributed by atoms with Crippen LogP contribution < -0.4 is 5.32 Å². The molecule has 2 rings (SSSR count). The lowest BCUT2D eigenvalue weighted by Crippen LogP contribution is -2.36. The average molecular weight is 199 g/mol. The van der Waals surface area contributed by atoms with Crippen LogP contribution in [0.3, 0.4) is 0 Å². The Balaban J connectivity index is 1.86. The van der Waals surface area contributed by atoms with E-state index in [1.807, 2.05) is 0 Å². The highest BCUT2D eigenvalue weighted by Crippen LogP contribution is 2.42. The van der Waals surface area contributed by atoms with Gasteiger partial charge in [0.25, 0.3) is 0 Å². The van der Waals surface area contributed by atoms with Crippen molar-refractivity contribution in [3.63, 3.8) is 0 Å². The minimum Gasteiger partial charge on any atom is -0.319 e. The molecule has 1 N–H and O–H groups in total. The molecular weight excluding hydrogens is 178 g/mol. The normalized spacial score (nSPS) is 31.6. The van der Waals surface area contributed by atoms with Gasteiger partial charge in [0.2, 0.25) is 0 Å². The molecule has 2 fully saturated rings. The van der Waals surface area contributed by atoms with Crippen LogP contribution in [-0.2, 0) is 0 Å². The SMILES string of the molecule is CNCC(C1CCC1)C1CCCS1. The lowest BCUT2D eigenvalue weighted by atomic mass is 9.74. The van der Waals surface area contributed by atoms with Crippen LogP contribution in [0.25, 0.3) is 0 Å². The number of thioether (sulfide) groups is 1. The summed E-state index contributed by atoms with van der Waals surface area (Å²) in [5, 5.41) is 4.36. The maximum atomic E-state index is 3.38. The van der Waals surface area contributed by atoms with E-state index in [0.29, 0.717) is 0 Å². The van der Waals surface area contributed by atoms with Gasteiger partial charge in [-0.3, -0.25) is 0 Å². The maximum absolute atomic E-state index is 3.38. The highest BCUT2D eigenvalue weighted by molar-refractivity contribution is 8.00. The summed E-state index contributed by atoms with van der Waals surface area (Å²) in [6.45, 7) is 1.25. The molecule has 0 bridgehead atoms. The van der Waals surface area contributed by atoms with Crippen LogP contribution in [0.5, 0.6) is 0 Å². The molecule has 0 radical (unpaired) electrons. The van der Waals surface area contributed by atoms with Gasteiger partial charge in [-0.2, -0.15) is 11.8 Å². The zero-order chi connectivity index (χ0) is 9.10. The zero-order valence-electron chi connectivity index (χ0n) is 8.59. The van der Waals surface area contributed by atoms with Gasteiger partial charge in [0, 0.05) is 5.25 Å². The highest BCUT2D eigenvalue weighted by Gasteiger charge is 2.34. The fourth-order valence-corrected chi connectivity index (χ4v) is 4.18. The summed E-state index contributed by atoms with van der Waals surface area (Å²) in [7, 11) is 2.10. The molecule has 13 heavy (non-hydrogen) atoms. The van der Waals surface area contributed by atoms with E-state index < -0.39 is 0 Å². The highest BCUT2D eigenvalue weighted by atomic mass is 32.2. The Labute approximate surface area is 86.0 Å². The summed E-state index contributed by atoms with van der Waals surface area (Å²) in [6.07, 6.45) is 7.44. The molecule has 1 aliphatic carbocycles. The third kappa shape index (κ3) is 2.21. The molecule has 0 spiro atoms. The average Bonchev–Trinajstić information content (AvgIpc) is 2.51. The Morgan fingerprint density at radius 2 is 2.15 bits per heavy atom. The molecule has 0 aromatic carbocycles. The number of rotatable bonds is 4. The minimum absolute atomic E-state index is 0.978. The van der Waals surface area contributed by atoms with E-state index in [4.69, 9.17) is 0 Å². The van der Waals surface area contributed by atoms with Gasteiger partial charge in [-0.25, -0.2) is 0 Å². The van der Waals surface area contributed by atoms with E-state index in [0.717, 1.165) is 17.1 Å². The van der Waals surface area contributed by atoms with Gasteiger partial charge in [0.1, 0.15) is 0 Å². The Hall–Kier alpha value is 0.310. The van der Waals surface area contributed by atoms with Crippen LogP contribution in [0.2, 0.25) is 0 Å². The molecule has 1 nitrogen and oxygen atoms in total. The number of hydrogen-bond donors (Lipinski definition) is 1. The van der Waals surface area contributed by atoms with E-state index in [2.05, 4.69) is 24.1 Å². The van der Waals surface area contributed by atoms with Gasteiger partial charge < -0.3 is 5.32 Å². The second kappa shape index (κ2) is 4.70. The summed E-state index contributed by atoms with van der Waals surface area (Å²) in [5.74, 6) is 3.45. The smallest absolute Gasteiger partial charge is 0.00903 e. The lowest BCUT2D eigenvalue weighted by molar-refractivity contribution is 0.198. The van der Waals surface area contributed by atoms with E-state index in [1.165, 1.54) is 44.4 Å². The first-order valence-electron chi connectivity index (χ1n) is 5.68. The molecule has 2 unspecified atom stereocenters. The first kappa shape index (κ1) is 9.85. The van der Waals surface area contributed by atoms with Crippen molar-refractivity contribution < 1.29 is 0 Å². The number of hydrogen-bond acceptors (Lipinski definition) is 2. The molecular formula is C11H21NS. The monoisotopic (exact) mass is 199 g/mol. The van der Waals surface area contributed by atoms with Crippen LogP contribution in [-0.4, -0.2) is 24.6 Å². The second-order valence-corrected chi connectivity index (χ2v) is 5.81. The van der Waals surface area contributed by atoms with Gasteiger partial charge in [-0.15, -0.1) is 0 Å². The van der Waals surface area contributed by atoms with Gasteiger partial charge in [0.15, 0.2) is 0 Å². The molecule has 2 atom stereocenters. The largest absolute Gasteiger partial charge is 0.319 e. The second-order valence-electron chi connectivity index (χ2n) is 4.46. The molecule has 1 heterocycles. The van der Waals surface area contributed by atoms with Crippen LogP contribution in [0.15, 0.2) is 0 Å². The van der Waals surface area contributed by atoms with Crippen molar-refractivity contribution in [1.82, 2.24) is 5.32 Å². The van der Waals surface area contributed by atoms with E-state index in [9.17, 15) is 0 Å². The topological polar surface area (TPSA) is 12.0 Å². The fraction of sp³-hybridized carbons (Fsp3) is 1.00. The van der Waals surface area contributed by atoms with Crippen LogP contribution in [0.1, 0.15) is 32.1 Å². The van der Waals surface area contributed by atoms with Gasteiger partial charge >= 0.3 is 0 Å². The number of nitrogens with one attached hydrogen (secondary N) is 1. The van der Waals surface area contributed by atoms with E-state index in [1.54, 1.807) is 0 Å². The molecule has 0 aromatic rings. The Kier molecular flexibility index (Phi) is 3.56. The third-order valence-electron chi connectivity index (χ3n) is 3.64. The third-order valence-corrected chi connectivity index (χ3v) is 5.18. The summed E-state index contributed by atoms with van der Waals surface area (Å²) in [5.41, 5.74) is 0. The molecule has 0 aromatic heterocycles. The van der Waals surface area contributed by atoms with Crippen molar-refractivity contribution in [2.24, 2.45) is 11.8 Å². The predicted octanol–water partition coefficient (Wildman–Crippen LogP) is 2.52. The first-order valence-corrected chi connectivity index (χ1v) is 6.73. The van der Waals surface area contributed by atoms with Gasteiger partial charge in [-0.1, -0.05) is 19.3 Å². The van der Waals surface area contributed by atoms with E-state index >= 15 is 0 Å². The van der Waals surface area contributed by atoms with Crippen LogP contribution in [0.4, 0.5) is 0 Å². The van der Waals surface area contributed by atoms with Gasteiger partial charge in [-0.05, 0) is 44.0 Å². The molecule has 1 aliphatic heterocycles. The minimum atomic E-state index is 0.978. The predicted molar refractivity (Wildman–Crippen MR) is 60.2 cm³/mol. The quantitative estimate of drug-likeness (QED) is 0.746. The van der Waals surface area contributed by atoms with Crippen LogP contribution in [0, 0.1) is 11.8 Å². The van der Waals surface area contributed by atoms with Crippen molar-refractivity contribution in [2.75, 3.05) is 19.3 Å². The molecule has 0 amide bonds. The summed E-state index contributed by atoms with van der Waals surface area (Å²) >= 11 is 2.23. The summed E-state index contributed by atoms with van der Waals surface area (Å²) in [6, 6.07) is 0. The standard InChI is InChI=1S/C11H21NS/c1-12-8-10(9-4-2-5-9)11-6-3-7-13-11/h9-12H,2-8H2,1H3. The molecule has 2 aliphatic rings. The van der Waals surface area contributed by atoms with Crippen molar-refractivity contribution in [3.8, 4) is 0 Å². The zero-order valence-corrected chi connectivity index (χ0v) is 9.41. The molecule has 1 saturated heterocycles. The fourth-order valence-electron chi connectivity index (χ4n) is 2.65. The lowest BCUT2D eigenvalue weighted by Gasteiger charge is -2.37. The Morgan fingerprint density at radius 3 is 2.62 bits per heavy atom. The van der Waals surface area contributed by atoms with Crippen LogP contribution >= 0.6 is 11.8 Å². The molecule has 2 heteroatoms. The van der Waals surface area contributed by atoms with Gasteiger partial charge in [0.05, 0.1) is 0 Å². The Bertz CT molecular complexity index is 150. The summed E-state index contributed by atoms with van der Waals surface area (Å²) < 4.78 is 0. The van der Waals surface area contributed by atoms with Crippen molar-refractivity contribution in [3.05, 3.63) is 0 Å². The summed E-state index contributed by atoms with van der Waals surface area (Å²) in [4.78, 5) is 0. The van der Waals surface area contributed by atoms with Crippen molar-refractivity contribution in [2.45, 2.75) is 37.4 Å². The first-order chi connectivity index (χ1) is 6.42. The maximum Gasteiger partial charge on any atom is 0.00903 e. The van der Waals surface area contributed by atoms with E-state index in [-0.39, 0.29) is 0 Å². The molecule has 1 saturated carbocycles. The molecule has 76 valence electrons. The Morgan fingerprint density at radius 1 is 1.31 bits per heavy atom. The van der Waals surface area contributed by atoms with Crippen molar-refractivity contribution >= 4 is 11.8 Å².